The standard InChI is InChI=1S/C13H23N3O2/c1-6-14-10(7-11(17)18)9-8-16(5)15-12(9)13(2,3)4/h8,10,14H,6-7H2,1-5H3,(H,17,18). The van der Waals surface area contributed by atoms with Crippen molar-refractivity contribution in [2.24, 2.45) is 7.05 Å². The van der Waals surface area contributed by atoms with E-state index in [0.29, 0.717) is 0 Å². The lowest BCUT2D eigenvalue weighted by Crippen LogP contribution is -2.26. The fraction of sp³-hybridized carbons (Fsp3) is 0.692. The van der Waals surface area contributed by atoms with Gasteiger partial charge in [-0.15, -0.1) is 0 Å². The summed E-state index contributed by atoms with van der Waals surface area (Å²) in [6, 6.07) is -0.185. The van der Waals surface area contributed by atoms with Crippen molar-refractivity contribution < 1.29 is 9.90 Å². The maximum atomic E-state index is 11.0. The van der Waals surface area contributed by atoms with Crippen LogP contribution in [0, 0.1) is 0 Å². The molecule has 0 aliphatic carbocycles. The van der Waals surface area contributed by atoms with E-state index in [2.05, 4.69) is 31.2 Å². The Hall–Kier alpha value is -1.36. The van der Waals surface area contributed by atoms with Gasteiger partial charge in [0.05, 0.1) is 12.1 Å². The molecule has 5 heteroatoms. The second-order valence-electron chi connectivity index (χ2n) is 5.56. The molecular formula is C13H23N3O2. The highest BCUT2D eigenvalue weighted by Crippen LogP contribution is 2.29. The summed E-state index contributed by atoms with van der Waals surface area (Å²) in [7, 11) is 1.86. The first kappa shape index (κ1) is 14.7. The van der Waals surface area contributed by atoms with Crippen LogP contribution in [0.5, 0.6) is 0 Å². The lowest BCUT2D eigenvalue weighted by Gasteiger charge is -2.22. The van der Waals surface area contributed by atoms with Gasteiger partial charge in [0, 0.05) is 30.3 Å². The summed E-state index contributed by atoms with van der Waals surface area (Å²) in [5.74, 6) is -0.801. The van der Waals surface area contributed by atoms with Gasteiger partial charge >= 0.3 is 5.97 Å². The normalized spacial score (nSPS) is 13.6. The Labute approximate surface area is 108 Å². The molecule has 18 heavy (non-hydrogen) atoms. The largest absolute Gasteiger partial charge is 0.481 e. The summed E-state index contributed by atoms with van der Waals surface area (Å²) in [5, 5.41) is 16.7. The third kappa shape index (κ3) is 3.57. The highest BCUT2D eigenvalue weighted by atomic mass is 16.4. The van der Waals surface area contributed by atoms with Crippen molar-refractivity contribution in [2.45, 2.75) is 45.6 Å². The zero-order valence-corrected chi connectivity index (χ0v) is 11.8. The molecule has 0 saturated carbocycles. The first-order chi connectivity index (χ1) is 8.25. The first-order valence-electron chi connectivity index (χ1n) is 6.25. The molecule has 1 heterocycles. The van der Waals surface area contributed by atoms with Gasteiger partial charge in [0.2, 0.25) is 0 Å². The molecule has 0 aromatic carbocycles. The molecule has 1 unspecified atom stereocenters. The van der Waals surface area contributed by atoms with Crippen LogP contribution in [0.4, 0.5) is 0 Å². The van der Waals surface area contributed by atoms with Crippen LogP contribution in [-0.2, 0) is 17.3 Å². The SMILES string of the molecule is CCNC(CC(=O)O)c1cn(C)nc1C(C)(C)C. The van der Waals surface area contributed by atoms with Gasteiger partial charge in [-0.1, -0.05) is 27.7 Å². The zero-order valence-electron chi connectivity index (χ0n) is 11.8. The van der Waals surface area contributed by atoms with Gasteiger partial charge in [-0.2, -0.15) is 5.10 Å². The van der Waals surface area contributed by atoms with Crippen LogP contribution in [0.25, 0.3) is 0 Å². The Balaban J connectivity index is 3.14. The summed E-state index contributed by atoms with van der Waals surface area (Å²) in [6.07, 6.45) is 1.99. The van der Waals surface area contributed by atoms with Gasteiger partial charge in [-0.25, -0.2) is 0 Å². The number of carbonyl (C=O) groups is 1. The average molecular weight is 253 g/mol. The molecule has 0 aliphatic rings. The molecule has 1 atom stereocenters. The quantitative estimate of drug-likeness (QED) is 0.840. The van der Waals surface area contributed by atoms with Gasteiger partial charge in [0.1, 0.15) is 0 Å². The molecule has 0 radical (unpaired) electrons. The van der Waals surface area contributed by atoms with E-state index in [-0.39, 0.29) is 17.9 Å². The number of hydrogen-bond acceptors (Lipinski definition) is 3. The Bertz CT molecular complexity index is 418. The smallest absolute Gasteiger partial charge is 0.305 e. The minimum Gasteiger partial charge on any atom is -0.481 e. The summed E-state index contributed by atoms with van der Waals surface area (Å²) in [4.78, 5) is 11.0. The van der Waals surface area contributed by atoms with Gasteiger partial charge in [0.25, 0.3) is 0 Å². The third-order valence-corrected chi connectivity index (χ3v) is 2.77. The van der Waals surface area contributed by atoms with Crippen LogP contribution in [-0.4, -0.2) is 27.4 Å². The average Bonchev–Trinajstić information content (AvgIpc) is 2.58. The lowest BCUT2D eigenvalue weighted by molar-refractivity contribution is -0.137. The highest BCUT2D eigenvalue weighted by molar-refractivity contribution is 5.68. The van der Waals surface area contributed by atoms with Crippen LogP contribution in [0.15, 0.2) is 6.20 Å². The van der Waals surface area contributed by atoms with Crippen LogP contribution in [0.3, 0.4) is 0 Å². The van der Waals surface area contributed by atoms with Crippen molar-refractivity contribution in [3.8, 4) is 0 Å². The number of nitrogens with zero attached hydrogens (tertiary/aromatic N) is 2. The van der Waals surface area contributed by atoms with Crippen molar-refractivity contribution in [3.63, 3.8) is 0 Å². The second kappa shape index (κ2) is 5.52. The number of nitrogens with one attached hydrogen (secondary N) is 1. The van der Waals surface area contributed by atoms with Crippen molar-refractivity contribution in [3.05, 3.63) is 17.5 Å². The van der Waals surface area contributed by atoms with Crippen molar-refractivity contribution in [1.82, 2.24) is 15.1 Å². The number of aliphatic carboxylic acids is 1. The van der Waals surface area contributed by atoms with E-state index in [1.165, 1.54) is 0 Å². The van der Waals surface area contributed by atoms with E-state index in [1.54, 1.807) is 4.68 Å². The number of carboxylic acid groups (broad SMARTS) is 1. The Kier molecular flexibility index (Phi) is 4.51. The molecule has 0 aliphatic heterocycles. The molecule has 0 fully saturated rings. The van der Waals surface area contributed by atoms with E-state index in [1.807, 2.05) is 20.2 Å². The number of hydrogen-bond donors (Lipinski definition) is 2. The molecular weight excluding hydrogens is 230 g/mol. The molecule has 0 amide bonds. The minimum absolute atomic E-state index is 0.0720. The van der Waals surface area contributed by atoms with E-state index in [0.717, 1.165) is 17.8 Å². The minimum atomic E-state index is -0.801. The predicted molar refractivity (Wildman–Crippen MR) is 70.6 cm³/mol. The number of carboxylic acids is 1. The summed E-state index contributed by atoms with van der Waals surface area (Å²) in [6.45, 7) is 8.96. The third-order valence-electron chi connectivity index (χ3n) is 2.77. The summed E-state index contributed by atoms with van der Waals surface area (Å²) in [5.41, 5.74) is 1.84. The molecule has 102 valence electrons. The molecule has 0 saturated heterocycles. The lowest BCUT2D eigenvalue weighted by atomic mass is 9.87. The van der Waals surface area contributed by atoms with Crippen molar-refractivity contribution >= 4 is 5.97 Å². The summed E-state index contributed by atoms with van der Waals surface area (Å²) < 4.78 is 1.75. The second-order valence-corrected chi connectivity index (χ2v) is 5.56. The van der Waals surface area contributed by atoms with Crippen LogP contribution in [0.2, 0.25) is 0 Å². The van der Waals surface area contributed by atoms with Crippen molar-refractivity contribution in [1.29, 1.82) is 0 Å². The van der Waals surface area contributed by atoms with E-state index < -0.39 is 5.97 Å². The number of aromatic nitrogens is 2. The van der Waals surface area contributed by atoms with Gasteiger partial charge in [0.15, 0.2) is 0 Å². The van der Waals surface area contributed by atoms with E-state index >= 15 is 0 Å². The highest BCUT2D eigenvalue weighted by Gasteiger charge is 2.27. The Morgan fingerprint density at radius 3 is 2.61 bits per heavy atom. The van der Waals surface area contributed by atoms with E-state index in [4.69, 9.17) is 5.11 Å². The number of aryl methyl sites for hydroxylation is 1. The summed E-state index contributed by atoms with van der Waals surface area (Å²) >= 11 is 0. The monoisotopic (exact) mass is 253 g/mol. The maximum absolute atomic E-state index is 11.0. The van der Waals surface area contributed by atoms with Gasteiger partial charge in [-0.3, -0.25) is 9.48 Å². The van der Waals surface area contributed by atoms with Crippen LogP contribution < -0.4 is 5.32 Å². The van der Waals surface area contributed by atoms with Crippen LogP contribution in [0.1, 0.15) is 51.4 Å². The number of rotatable bonds is 5. The van der Waals surface area contributed by atoms with Gasteiger partial charge in [-0.05, 0) is 6.54 Å². The zero-order chi connectivity index (χ0) is 13.9. The molecule has 1 aromatic rings. The van der Waals surface area contributed by atoms with Crippen molar-refractivity contribution in [2.75, 3.05) is 6.54 Å². The fourth-order valence-electron chi connectivity index (χ4n) is 2.06. The fourth-order valence-corrected chi connectivity index (χ4v) is 2.06. The Morgan fingerprint density at radius 1 is 1.56 bits per heavy atom. The maximum Gasteiger partial charge on any atom is 0.305 e. The Morgan fingerprint density at radius 2 is 2.17 bits per heavy atom. The topological polar surface area (TPSA) is 67.2 Å². The first-order valence-corrected chi connectivity index (χ1v) is 6.25. The predicted octanol–water partition coefficient (Wildman–Crippen LogP) is 1.84. The molecule has 1 aromatic heterocycles. The molecule has 0 spiro atoms. The molecule has 0 bridgehead atoms. The molecule has 5 nitrogen and oxygen atoms in total. The van der Waals surface area contributed by atoms with E-state index in [9.17, 15) is 4.79 Å². The van der Waals surface area contributed by atoms with Crippen LogP contribution >= 0.6 is 0 Å². The molecule has 2 N–H and O–H groups in total. The molecule has 1 rings (SSSR count). The van der Waals surface area contributed by atoms with Gasteiger partial charge < -0.3 is 10.4 Å².